The van der Waals surface area contributed by atoms with Gasteiger partial charge in [0.2, 0.25) is 5.91 Å². The molecule has 6 heteroatoms. The van der Waals surface area contributed by atoms with E-state index < -0.39 is 17.5 Å². The summed E-state index contributed by atoms with van der Waals surface area (Å²) in [6, 6.07) is 5.65. The Bertz CT molecular complexity index is 689. The van der Waals surface area contributed by atoms with Crippen molar-refractivity contribution in [2.75, 3.05) is 0 Å². The summed E-state index contributed by atoms with van der Waals surface area (Å²) in [5.41, 5.74) is 0.736. The quantitative estimate of drug-likeness (QED) is 0.849. The van der Waals surface area contributed by atoms with Gasteiger partial charge in [0, 0.05) is 11.1 Å². The van der Waals surface area contributed by atoms with E-state index in [9.17, 15) is 14.3 Å². The third kappa shape index (κ3) is 4.36. The Kier molecular flexibility index (Phi) is 5.49. The molecule has 1 amide bonds. The van der Waals surface area contributed by atoms with Crippen LogP contribution < -0.4 is 5.32 Å². The summed E-state index contributed by atoms with van der Waals surface area (Å²) in [4.78, 5) is 16.7. The summed E-state index contributed by atoms with van der Waals surface area (Å²) in [5, 5.41) is 15.8. The van der Waals surface area contributed by atoms with Crippen molar-refractivity contribution in [3.63, 3.8) is 0 Å². The second-order valence-electron chi connectivity index (χ2n) is 5.80. The molecular weight excluding hydrogens is 315 g/mol. The van der Waals surface area contributed by atoms with Crippen LogP contribution in [0.4, 0.5) is 4.39 Å². The number of aromatic nitrogens is 1. The first-order valence-electron chi connectivity index (χ1n) is 7.51. The van der Waals surface area contributed by atoms with Crippen LogP contribution in [0.1, 0.15) is 49.1 Å². The van der Waals surface area contributed by atoms with E-state index in [4.69, 9.17) is 0 Å². The fraction of sp³-hybridized carbons (Fsp3) is 0.412. The number of aliphatic hydroxyl groups excluding tert-OH is 1. The van der Waals surface area contributed by atoms with Gasteiger partial charge in [0.15, 0.2) is 0 Å². The van der Waals surface area contributed by atoms with E-state index >= 15 is 0 Å². The first-order valence-corrected chi connectivity index (χ1v) is 8.39. The van der Waals surface area contributed by atoms with Gasteiger partial charge in [-0.25, -0.2) is 9.37 Å². The predicted octanol–water partition coefficient (Wildman–Crippen LogP) is 3.46. The minimum absolute atomic E-state index is 0.122. The van der Waals surface area contributed by atoms with Crippen LogP contribution in [-0.2, 0) is 10.3 Å². The Labute approximate surface area is 139 Å². The molecule has 0 aliphatic rings. The fourth-order valence-electron chi connectivity index (χ4n) is 2.27. The Hall–Kier alpha value is -1.79. The highest BCUT2D eigenvalue weighted by molar-refractivity contribution is 7.09. The van der Waals surface area contributed by atoms with Crippen LogP contribution in [-0.4, -0.2) is 16.0 Å². The molecule has 2 unspecified atom stereocenters. The number of halogens is 1. The SMILES string of the molecule is CCC(C)(NC(=O)CC(O)c1cccc(F)c1)c1nc(C)cs1. The van der Waals surface area contributed by atoms with Crippen molar-refractivity contribution in [2.45, 2.75) is 45.3 Å². The lowest BCUT2D eigenvalue weighted by molar-refractivity contribution is -0.125. The molecule has 0 fully saturated rings. The maximum atomic E-state index is 13.2. The summed E-state index contributed by atoms with van der Waals surface area (Å²) in [6.07, 6.45) is -0.477. The monoisotopic (exact) mass is 336 g/mol. The van der Waals surface area contributed by atoms with Gasteiger partial charge in [0.05, 0.1) is 18.1 Å². The van der Waals surface area contributed by atoms with Crippen molar-refractivity contribution >= 4 is 17.2 Å². The second-order valence-corrected chi connectivity index (χ2v) is 6.66. The highest BCUT2D eigenvalue weighted by Gasteiger charge is 2.30. The summed E-state index contributed by atoms with van der Waals surface area (Å²) >= 11 is 1.50. The number of rotatable bonds is 6. The van der Waals surface area contributed by atoms with Crippen LogP contribution in [0.25, 0.3) is 0 Å². The van der Waals surface area contributed by atoms with Crippen molar-refractivity contribution in [1.82, 2.24) is 10.3 Å². The van der Waals surface area contributed by atoms with E-state index in [1.165, 1.54) is 29.5 Å². The molecule has 4 nitrogen and oxygen atoms in total. The van der Waals surface area contributed by atoms with Crippen LogP contribution in [0.2, 0.25) is 0 Å². The summed E-state index contributed by atoms with van der Waals surface area (Å²) in [6.45, 7) is 5.79. The summed E-state index contributed by atoms with van der Waals surface area (Å²) in [7, 11) is 0. The number of aryl methyl sites for hydroxylation is 1. The number of amides is 1. The van der Waals surface area contributed by atoms with E-state index in [-0.39, 0.29) is 12.3 Å². The highest BCUT2D eigenvalue weighted by atomic mass is 32.1. The molecule has 0 bridgehead atoms. The molecule has 23 heavy (non-hydrogen) atoms. The van der Waals surface area contributed by atoms with E-state index in [1.807, 2.05) is 26.2 Å². The lowest BCUT2D eigenvalue weighted by Gasteiger charge is -2.28. The van der Waals surface area contributed by atoms with Crippen molar-refractivity contribution in [3.05, 3.63) is 51.7 Å². The number of hydrogen-bond acceptors (Lipinski definition) is 4. The largest absolute Gasteiger partial charge is 0.388 e. The molecule has 2 rings (SSSR count). The average Bonchev–Trinajstić information content (AvgIpc) is 2.94. The smallest absolute Gasteiger partial charge is 0.223 e. The maximum absolute atomic E-state index is 13.2. The Morgan fingerprint density at radius 3 is 2.83 bits per heavy atom. The average molecular weight is 336 g/mol. The fourth-order valence-corrected chi connectivity index (χ4v) is 3.25. The van der Waals surface area contributed by atoms with Gasteiger partial charge in [-0.05, 0) is 38.0 Å². The van der Waals surface area contributed by atoms with Crippen LogP contribution in [0, 0.1) is 12.7 Å². The second kappa shape index (κ2) is 7.19. The van der Waals surface area contributed by atoms with Gasteiger partial charge in [-0.15, -0.1) is 11.3 Å². The molecule has 0 radical (unpaired) electrons. The van der Waals surface area contributed by atoms with Crippen LogP contribution in [0.3, 0.4) is 0 Å². The van der Waals surface area contributed by atoms with Crippen molar-refractivity contribution in [3.8, 4) is 0 Å². The summed E-state index contributed by atoms with van der Waals surface area (Å²) in [5.74, 6) is -0.724. The number of hydrogen-bond donors (Lipinski definition) is 2. The third-order valence-corrected chi connectivity index (χ3v) is 5.05. The molecule has 0 aliphatic heterocycles. The Balaban J connectivity index is 2.05. The van der Waals surface area contributed by atoms with Gasteiger partial charge in [-0.3, -0.25) is 4.79 Å². The minimum Gasteiger partial charge on any atom is -0.388 e. The number of nitrogens with zero attached hydrogens (tertiary/aromatic N) is 1. The number of thiazole rings is 1. The number of nitrogens with one attached hydrogen (secondary N) is 1. The lowest BCUT2D eigenvalue weighted by Crippen LogP contribution is -2.43. The molecule has 1 aromatic carbocycles. The van der Waals surface area contributed by atoms with Gasteiger partial charge < -0.3 is 10.4 Å². The zero-order valence-electron chi connectivity index (χ0n) is 13.5. The van der Waals surface area contributed by atoms with Gasteiger partial charge in [0.25, 0.3) is 0 Å². The van der Waals surface area contributed by atoms with Gasteiger partial charge >= 0.3 is 0 Å². The third-order valence-electron chi connectivity index (χ3n) is 3.83. The maximum Gasteiger partial charge on any atom is 0.223 e. The van der Waals surface area contributed by atoms with Crippen LogP contribution in [0.15, 0.2) is 29.6 Å². The number of carbonyl (C=O) groups is 1. The Morgan fingerprint density at radius 1 is 1.52 bits per heavy atom. The molecule has 2 atom stereocenters. The molecule has 0 saturated carbocycles. The molecule has 2 N–H and O–H groups in total. The zero-order valence-corrected chi connectivity index (χ0v) is 14.3. The predicted molar refractivity (Wildman–Crippen MR) is 88.6 cm³/mol. The molecule has 0 saturated heterocycles. The highest BCUT2D eigenvalue weighted by Crippen LogP contribution is 2.28. The van der Waals surface area contributed by atoms with E-state index in [2.05, 4.69) is 10.3 Å². The summed E-state index contributed by atoms with van der Waals surface area (Å²) < 4.78 is 13.2. The molecule has 2 aromatic rings. The van der Waals surface area contributed by atoms with Crippen molar-refractivity contribution in [1.29, 1.82) is 0 Å². The number of benzene rings is 1. The molecule has 0 aliphatic carbocycles. The van der Waals surface area contributed by atoms with Crippen molar-refractivity contribution in [2.24, 2.45) is 0 Å². The van der Waals surface area contributed by atoms with Crippen molar-refractivity contribution < 1.29 is 14.3 Å². The first-order chi connectivity index (χ1) is 10.8. The van der Waals surface area contributed by atoms with Gasteiger partial charge in [-0.1, -0.05) is 19.1 Å². The Morgan fingerprint density at radius 2 is 2.26 bits per heavy atom. The van der Waals surface area contributed by atoms with E-state index in [0.717, 1.165) is 10.7 Å². The molecule has 1 heterocycles. The molecule has 124 valence electrons. The normalized spacial score (nSPS) is 15.0. The molecule has 0 spiro atoms. The molecule has 1 aromatic heterocycles. The standard InChI is InChI=1S/C17H21FN2O2S/c1-4-17(3,16-19-11(2)10-23-16)20-15(22)9-14(21)12-6-5-7-13(18)8-12/h5-8,10,14,21H,4,9H2,1-3H3,(H,20,22). The number of aliphatic hydroxyl groups is 1. The topological polar surface area (TPSA) is 62.2 Å². The van der Waals surface area contributed by atoms with Crippen LogP contribution >= 0.6 is 11.3 Å². The molecular formula is C17H21FN2O2S. The number of carbonyl (C=O) groups excluding carboxylic acids is 1. The minimum atomic E-state index is -1.04. The lowest BCUT2D eigenvalue weighted by atomic mass is 9.98. The van der Waals surface area contributed by atoms with E-state index in [0.29, 0.717) is 12.0 Å². The van der Waals surface area contributed by atoms with Gasteiger partial charge in [0.1, 0.15) is 10.8 Å². The van der Waals surface area contributed by atoms with Gasteiger partial charge in [-0.2, -0.15) is 0 Å². The first kappa shape index (κ1) is 17.6. The zero-order chi connectivity index (χ0) is 17.0. The van der Waals surface area contributed by atoms with E-state index in [1.54, 1.807) is 6.07 Å². The van der Waals surface area contributed by atoms with Crippen LogP contribution in [0.5, 0.6) is 0 Å².